The third kappa shape index (κ3) is 11.9. The van der Waals surface area contributed by atoms with Crippen LogP contribution in [0.1, 0.15) is 62.8 Å². The minimum atomic E-state index is -4.64. The molecule has 5 rings (SSSR count). The number of carbonyl (C=O) groups is 2. The van der Waals surface area contributed by atoms with Crippen LogP contribution in [0.15, 0.2) is 79.1 Å². The molecule has 0 saturated carbocycles. The number of anilines is 1. The number of piperidine rings is 1. The first kappa shape index (κ1) is 41.0. The Morgan fingerprint density at radius 1 is 0.909 bits per heavy atom. The molecule has 2 N–H and O–H groups in total. The number of likely N-dealkylation sites (tertiary alicyclic amines) is 1. The summed E-state index contributed by atoms with van der Waals surface area (Å²) in [4.78, 5) is 35.5. The number of amides is 2. The van der Waals surface area contributed by atoms with Gasteiger partial charge in [-0.1, -0.05) is 18.2 Å². The predicted octanol–water partition coefficient (Wildman–Crippen LogP) is 8.62. The maximum absolute atomic E-state index is 14.9. The van der Waals surface area contributed by atoms with Gasteiger partial charge >= 0.3 is 12.3 Å². The van der Waals surface area contributed by atoms with E-state index in [2.05, 4.69) is 20.6 Å². The Labute approximate surface area is 316 Å². The number of benzene rings is 2. The molecule has 294 valence electrons. The molecular weight excluding hydrogens is 725 g/mol. The number of carbonyl (C=O) groups excluding carboxylic acids is 2. The number of aromatic nitrogens is 2. The molecule has 1 atom stereocenters. The first-order valence-electron chi connectivity index (χ1n) is 17.7. The second-order valence-corrected chi connectivity index (χ2v) is 14.5. The van der Waals surface area contributed by atoms with Gasteiger partial charge in [0.25, 0.3) is 11.8 Å². The lowest BCUT2D eigenvalue weighted by Gasteiger charge is -2.38. The smallest absolute Gasteiger partial charge is 0.433 e. The number of alkyl halides is 5. The maximum atomic E-state index is 14.9. The normalized spacial score (nSPS) is 16.1. The molecule has 1 saturated heterocycles. The van der Waals surface area contributed by atoms with Crippen LogP contribution in [0, 0.1) is 0 Å². The molecule has 1 aliphatic rings. The zero-order valence-electron chi connectivity index (χ0n) is 31.2. The highest BCUT2D eigenvalue weighted by Gasteiger charge is 2.45. The summed E-state index contributed by atoms with van der Waals surface area (Å²) in [5, 5.41) is 5.13. The SMILES string of the molecule is CC(C)OCCOc1ccc(-c2ccnc(C(=O)Nc3cc(CN4CCC(F)(F)[C@H](NC(=O)OC(C)(C)C)C4)cc(-c4ccc(C(F)(F)F)nc4)c3)c2)cc1. The topological polar surface area (TPSA) is 115 Å². The Bertz CT molecular complexity index is 1930. The maximum Gasteiger partial charge on any atom is 0.433 e. The lowest BCUT2D eigenvalue weighted by molar-refractivity contribution is -0.141. The molecule has 2 amide bonds. The number of hydrogen-bond acceptors (Lipinski definition) is 8. The lowest BCUT2D eigenvalue weighted by atomic mass is 9.99. The number of rotatable bonds is 12. The van der Waals surface area contributed by atoms with Crippen molar-refractivity contribution < 1.29 is 45.8 Å². The molecule has 0 radical (unpaired) electrons. The fourth-order valence-corrected chi connectivity index (χ4v) is 5.84. The zero-order valence-corrected chi connectivity index (χ0v) is 31.2. The summed E-state index contributed by atoms with van der Waals surface area (Å²) in [6, 6.07) is 16.2. The fourth-order valence-electron chi connectivity index (χ4n) is 5.84. The van der Waals surface area contributed by atoms with Gasteiger partial charge in [-0.25, -0.2) is 13.6 Å². The van der Waals surface area contributed by atoms with E-state index in [9.17, 15) is 31.5 Å². The number of halogens is 5. The third-order valence-corrected chi connectivity index (χ3v) is 8.43. The highest BCUT2D eigenvalue weighted by Crippen LogP contribution is 2.33. The largest absolute Gasteiger partial charge is 0.491 e. The van der Waals surface area contributed by atoms with Crippen molar-refractivity contribution in [1.82, 2.24) is 20.2 Å². The summed E-state index contributed by atoms with van der Waals surface area (Å²) in [6.07, 6.45) is -3.45. The molecule has 1 fully saturated rings. The van der Waals surface area contributed by atoms with Gasteiger partial charge in [0.15, 0.2) is 0 Å². The van der Waals surface area contributed by atoms with Crippen LogP contribution < -0.4 is 15.4 Å². The van der Waals surface area contributed by atoms with Crippen molar-refractivity contribution in [2.45, 2.75) is 77.4 Å². The molecule has 3 heterocycles. The summed E-state index contributed by atoms with van der Waals surface area (Å²) < 4.78 is 86.1. The van der Waals surface area contributed by atoms with Crippen LogP contribution >= 0.6 is 0 Å². The van der Waals surface area contributed by atoms with E-state index >= 15 is 0 Å². The molecular formula is C40H44F5N5O5. The summed E-state index contributed by atoms with van der Waals surface area (Å²) in [6.45, 7) is 9.52. The van der Waals surface area contributed by atoms with Gasteiger partial charge in [-0.05, 0) is 105 Å². The van der Waals surface area contributed by atoms with E-state index in [1.807, 2.05) is 38.1 Å². The fraction of sp³-hybridized carbons (Fsp3) is 0.400. The molecule has 2 aromatic heterocycles. The van der Waals surface area contributed by atoms with Crippen molar-refractivity contribution >= 4 is 17.7 Å². The number of hydrogen-bond donors (Lipinski definition) is 2. The highest BCUT2D eigenvalue weighted by molar-refractivity contribution is 6.03. The summed E-state index contributed by atoms with van der Waals surface area (Å²) in [7, 11) is 0. The van der Waals surface area contributed by atoms with Gasteiger partial charge in [-0.3, -0.25) is 19.7 Å². The van der Waals surface area contributed by atoms with Crippen LogP contribution in [0.5, 0.6) is 5.75 Å². The minimum Gasteiger partial charge on any atom is -0.491 e. The van der Waals surface area contributed by atoms with Crippen molar-refractivity contribution in [3.05, 3.63) is 96.1 Å². The average molecular weight is 770 g/mol. The monoisotopic (exact) mass is 769 g/mol. The Morgan fingerprint density at radius 2 is 1.64 bits per heavy atom. The van der Waals surface area contributed by atoms with Crippen LogP contribution in [0.2, 0.25) is 0 Å². The second-order valence-electron chi connectivity index (χ2n) is 14.5. The Morgan fingerprint density at radius 3 is 2.29 bits per heavy atom. The van der Waals surface area contributed by atoms with Crippen LogP contribution in [-0.2, 0) is 22.2 Å². The summed E-state index contributed by atoms with van der Waals surface area (Å²) in [5.74, 6) is -3.09. The van der Waals surface area contributed by atoms with E-state index in [-0.39, 0.29) is 31.4 Å². The van der Waals surface area contributed by atoms with Crippen LogP contribution in [0.4, 0.5) is 32.4 Å². The standard InChI is InChI=1S/C40H44F5N5O5/c1-25(2)53-16-17-54-32-9-6-27(7-10-32)28-12-14-46-33(21-28)36(51)48-31-19-26(18-30(20-31)29-8-11-34(47-22-29)40(43,44)45)23-50-15-13-39(41,42)35(24-50)49-37(52)55-38(3,4)5/h6-12,14,18-22,25,35H,13,15-17,23-24H2,1-5H3,(H,48,51)(H,49,52)/t35-/m1/s1. The van der Waals surface area contributed by atoms with Crippen LogP contribution in [0.25, 0.3) is 22.3 Å². The third-order valence-electron chi connectivity index (χ3n) is 8.43. The molecule has 55 heavy (non-hydrogen) atoms. The van der Waals surface area contributed by atoms with Crippen molar-refractivity contribution in [2.24, 2.45) is 0 Å². The molecule has 0 spiro atoms. The molecule has 0 bridgehead atoms. The molecule has 15 heteroatoms. The summed E-state index contributed by atoms with van der Waals surface area (Å²) >= 11 is 0. The van der Waals surface area contributed by atoms with E-state index in [1.165, 1.54) is 12.3 Å². The zero-order chi connectivity index (χ0) is 40.0. The Hall–Kier alpha value is -5.15. The van der Waals surface area contributed by atoms with E-state index in [4.69, 9.17) is 14.2 Å². The molecule has 1 aliphatic heterocycles. The number of nitrogens with zero attached hydrogens (tertiary/aromatic N) is 3. The van der Waals surface area contributed by atoms with E-state index in [0.29, 0.717) is 41.3 Å². The van der Waals surface area contributed by atoms with Gasteiger partial charge < -0.3 is 24.8 Å². The van der Waals surface area contributed by atoms with Gasteiger partial charge in [0.1, 0.15) is 35.4 Å². The van der Waals surface area contributed by atoms with Gasteiger partial charge in [-0.15, -0.1) is 0 Å². The number of nitrogens with one attached hydrogen (secondary N) is 2. The number of ether oxygens (including phenoxy) is 3. The first-order chi connectivity index (χ1) is 25.8. The van der Waals surface area contributed by atoms with Crippen molar-refractivity contribution in [2.75, 3.05) is 31.6 Å². The Balaban J connectivity index is 1.36. The van der Waals surface area contributed by atoms with Crippen LogP contribution in [-0.4, -0.2) is 76.8 Å². The van der Waals surface area contributed by atoms with Gasteiger partial charge in [0.2, 0.25) is 0 Å². The van der Waals surface area contributed by atoms with Crippen molar-refractivity contribution in [3.8, 4) is 28.0 Å². The quantitative estimate of drug-likeness (QED) is 0.109. The second kappa shape index (κ2) is 17.1. The molecule has 10 nitrogen and oxygen atoms in total. The van der Waals surface area contributed by atoms with Crippen molar-refractivity contribution in [3.63, 3.8) is 0 Å². The molecule has 0 aliphatic carbocycles. The molecule has 4 aromatic rings. The van der Waals surface area contributed by atoms with E-state index in [1.54, 1.807) is 56.0 Å². The minimum absolute atomic E-state index is 0.0103. The van der Waals surface area contributed by atoms with Gasteiger partial charge in [-0.2, -0.15) is 13.2 Å². The van der Waals surface area contributed by atoms with Crippen LogP contribution in [0.3, 0.4) is 0 Å². The number of pyridine rings is 2. The van der Waals surface area contributed by atoms with Gasteiger partial charge in [0.05, 0.1) is 12.7 Å². The highest BCUT2D eigenvalue weighted by atomic mass is 19.4. The Kier molecular flexibility index (Phi) is 12.8. The summed E-state index contributed by atoms with van der Waals surface area (Å²) in [5.41, 5.74) is 1.29. The first-order valence-corrected chi connectivity index (χ1v) is 17.7. The van der Waals surface area contributed by atoms with Crippen molar-refractivity contribution in [1.29, 1.82) is 0 Å². The molecule has 0 unspecified atom stereocenters. The van der Waals surface area contributed by atoms with E-state index in [0.717, 1.165) is 23.4 Å². The molecule has 2 aromatic carbocycles. The van der Waals surface area contributed by atoms with E-state index < -0.39 is 47.9 Å². The predicted molar refractivity (Wildman–Crippen MR) is 197 cm³/mol. The average Bonchev–Trinajstić information content (AvgIpc) is 3.11. The number of alkyl carbamates (subject to hydrolysis) is 1. The lowest BCUT2D eigenvalue weighted by Crippen LogP contribution is -2.58. The van der Waals surface area contributed by atoms with Gasteiger partial charge in [0, 0.05) is 49.7 Å².